The van der Waals surface area contributed by atoms with E-state index in [1.165, 1.54) is 7.05 Å². The number of urea groups is 1. The fourth-order valence-corrected chi connectivity index (χ4v) is 1.72. The lowest BCUT2D eigenvalue weighted by Gasteiger charge is -2.09. The molecule has 0 saturated carbocycles. The maximum absolute atomic E-state index is 11.5. The lowest BCUT2D eigenvalue weighted by Crippen LogP contribution is -2.37. The Hall–Kier alpha value is -1.08. The first-order chi connectivity index (χ1) is 8.02. The molecule has 3 N–H and O–H groups in total. The van der Waals surface area contributed by atoms with Crippen molar-refractivity contribution in [1.29, 1.82) is 0 Å². The molecule has 1 rings (SSSR count). The van der Waals surface area contributed by atoms with Crippen molar-refractivity contribution >= 4 is 49.5 Å². The van der Waals surface area contributed by atoms with Crippen molar-refractivity contribution in [3.8, 4) is 0 Å². The van der Waals surface area contributed by atoms with E-state index in [1.807, 2.05) is 6.07 Å². The van der Waals surface area contributed by atoms with Crippen LogP contribution in [0.1, 0.15) is 0 Å². The zero-order valence-electron chi connectivity index (χ0n) is 9.01. The minimum absolute atomic E-state index is 0.0616. The highest BCUT2D eigenvalue weighted by Gasteiger charge is 2.06. The molecule has 0 saturated heterocycles. The molecule has 0 bridgehead atoms. The van der Waals surface area contributed by atoms with Crippen molar-refractivity contribution in [2.24, 2.45) is 0 Å². The first-order valence-electron chi connectivity index (χ1n) is 4.73. The minimum atomic E-state index is -0.438. The zero-order valence-corrected chi connectivity index (χ0v) is 12.2. The number of hydrogen-bond donors (Lipinski definition) is 3. The number of carbonyl (C=O) groups is 2. The summed E-state index contributed by atoms with van der Waals surface area (Å²) in [4.78, 5) is 22.4. The topological polar surface area (TPSA) is 70.2 Å². The standard InChI is InChI=1S/C10H11Br2N3O2/c1-13-9(16)5-14-10(17)15-8-4-6(11)2-3-7(8)12/h2-4H,5H2,1H3,(H,13,16)(H2,14,15,17). The van der Waals surface area contributed by atoms with Crippen LogP contribution in [0.5, 0.6) is 0 Å². The molecular formula is C10H11Br2N3O2. The molecule has 7 heteroatoms. The smallest absolute Gasteiger partial charge is 0.319 e. The molecule has 17 heavy (non-hydrogen) atoms. The van der Waals surface area contributed by atoms with Gasteiger partial charge in [-0.2, -0.15) is 0 Å². The largest absolute Gasteiger partial charge is 0.358 e. The van der Waals surface area contributed by atoms with Gasteiger partial charge in [0.25, 0.3) is 0 Å². The van der Waals surface area contributed by atoms with Gasteiger partial charge in [-0.1, -0.05) is 15.9 Å². The van der Waals surface area contributed by atoms with E-state index in [9.17, 15) is 9.59 Å². The molecule has 0 spiro atoms. The van der Waals surface area contributed by atoms with Gasteiger partial charge in [0.15, 0.2) is 0 Å². The van der Waals surface area contributed by atoms with Gasteiger partial charge in [-0.25, -0.2) is 4.79 Å². The number of likely N-dealkylation sites (N-methyl/N-ethyl adjacent to an activating group) is 1. The molecule has 0 aliphatic heterocycles. The SMILES string of the molecule is CNC(=O)CNC(=O)Nc1cc(Br)ccc1Br. The molecule has 3 amide bonds. The van der Waals surface area contributed by atoms with E-state index >= 15 is 0 Å². The van der Waals surface area contributed by atoms with Crippen LogP contribution in [-0.4, -0.2) is 25.5 Å². The molecular weight excluding hydrogens is 354 g/mol. The Morgan fingerprint density at radius 3 is 2.65 bits per heavy atom. The van der Waals surface area contributed by atoms with Gasteiger partial charge in [0.1, 0.15) is 0 Å². The predicted octanol–water partition coefficient (Wildman–Crippen LogP) is 2.08. The Morgan fingerprint density at radius 2 is 2.00 bits per heavy atom. The second-order valence-electron chi connectivity index (χ2n) is 3.11. The number of nitrogens with one attached hydrogen (secondary N) is 3. The molecule has 0 aliphatic rings. The fourth-order valence-electron chi connectivity index (χ4n) is 1.01. The van der Waals surface area contributed by atoms with Gasteiger partial charge >= 0.3 is 6.03 Å². The first-order valence-corrected chi connectivity index (χ1v) is 6.32. The van der Waals surface area contributed by atoms with Crippen LogP contribution in [0.3, 0.4) is 0 Å². The first kappa shape index (κ1) is 14.0. The predicted molar refractivity (Wildman–Crippen MR) is 72.9 cm³/mol. The van der Waals surface area contributed by atoms with E-state index in [0.717, 1.165) is 8.95 Å². The number of rotatable bonds is 3. The van der Waals surface area contributed by atoms with E-state index in [-0.39, 0.29) is 12.5 Å². The maximum atomic E-state index is 11.5. The third-order valence-electron chi connectivity index (χ3n) is 1.86. The van der Waals surface area contributed by atoms with Crippen LogP contribution in [0.15, 0.2) is 27.1 Å². The van der Waals surface area contributed by atoms with Crippen LogP contribution >= 0.6 is 31.9 Å². The zero-order chi connectivity index (χ0) is 12.8. The van der Waals surface area contributed by atoms with Gasteiger partial charge in [0.05, 0.1) is 12.2 Å². The van der Waals surface area contributed by atoms with Crippen LogP contribution in [0.25, 0.3) is 0 Å². The van der Waals surface area contributed by atoms with E-state index in [4.69, 9.17) is 0 Å². The summed E-state index contributed by atoms with van der Waals surface area (Å²) >= 11 is 6.61. The lowest BCUT2D eigenvalue weighted by molar-refractivity contribution is -0.119. The highest BCUT2D eigenvalue weighted by atomic mass is 79.9. The van der Waals surface area contributed by atoms with Crippen LogP contribution < -0.4 is 16.0 Å². The number of anilines is 1. The average Bonchev–Trinajstić information content (AvgIpc) is 2.30. The third kappa shape index (κ3) is 4.74. The van der Waals surface area contributed by atoms with Gasteiger partial charge in [-0.05, 0) is 34.1 Å². The van der Waals surface area contributed by atoms with Crippen LogP contribution in [-0.2, 0) is 4.79 Å². The summed E-state index contributed by atoms with van der Waals surface area (Å²) in [5.74, 6) is -0.256. The quantitative estimate of drug-likeness (QED) is 0.768. The van der Waals surface area contributed by atoms with Crippen LogP contribution in [0.2, 0.25) is 0 Å². The molecule has 0 aromatic heterocycles. The van der Waals surface area contributed by atoms with Gasteiger partial charge in [-0.3, -0.25) is 4.79 Å². The van der Waals surface area contributed by atoms with Crippen molar-refractivity contribution in [2.75, 3.05) is 18.9 Å². The third-order valence-corrected chi connectivity index (χ3v) is 3.05. The number of benzene rings is 1. The Balaban J connectivity index is 2.56. The van der Waals surface area contributed by atoms with Crippen molar-refractivity contribution in [3.05, 3.63) is 27.1 Å². The molecule has 0 fully saturated rings. The second kappa shape index (κ2) is 6.61. The van der Waals surface area contributed by atoms with Crippen molar-refractivity contribution < 1.29 is 9.59 Å². The van der Waals surface area contributed by atoms with Gasteiger partial charge < -0.3 is 16.0 Å². The summed E-state index contributed by atoms with van der Waals surface area (Å²) in [7, 11) is 1.51. The van der Waals surface area contributed by atoms with Crippen molar-refractivity contribution in [3.63, 3.8) is 0 Å². The number of amides is 3. The fraction of sp³-hybridized carbons (Fsp3) is 0.200. The summed E-state index contributed by atoms with van der Waals surface area (Å²) in [6.07, 6.45) is 0. The molecule has 0 radical (unpaired) electrons. The van der Waals surface area contributed by atoms with E-state index in [2.05, 4.69) is 47.8 Å². The summed E-state index contributed by atoms with van der Waals surface area (Å²) in [5, 5.41) is 7.46. The van der Waals surface area contributed by atoms with Gasteiger partial charge in [0.2, 0.25) is 5.91 Å². The monoisotopic (exact) mass is 363 g/mol. The number of halogens is 2. The molecule has 5 nitrogen and oxygen atoms in total. The second-order valence-corrected chi connectivity index (χ2v) is 4.88. The summed E-state index contributed by atoms with van der Waals surface area (Å²) in [6, 6.07) is 4.96. The Labute approximate surface area is 116 Å². The molecule has 0 aliphatic carbocycles. The normalized spacial score (nSPS) is 9.59. The molecule has 0 atom stereocenters. The summed E-state index contributed by atoms with van der Waals surface area (Å²) in [5.41, 5.74) is 0.619. The van der Waals surface area contributed by atoms with E-state index < -0.39 is 6.03 Å². The summed E-state index contributed by atoms with van der Waals surface area (Å²) in [6.45, 7) is -0.0616. The molecule has 1 aromatic carbocycles. The van der Waals surface area contributed by atoms with Gasteiger partial charge in [-0.15, -0.1) is 0 Å². The highest BCUT2D eigenvalue weighted by Crippen LogP contribution is 2.25. The average molecular weight is 365 g/mol. The Kier molecular flexibility index (Phi) is 5.43. The summed E-state index contributed by atoms with van der Waals surface area (Å²) < 4.78 is 1.61. The Morgan fingerprint density at radius 1 is 1.29 bits per heavy atom. The van der Waals surface area contributed by atoms with Crippen molar-refractivity contribution in [2.45, 2.75) is 0 Å². The molecule has 0 unspecified atom stereocenters. The van der Waals surface area contributed by atoms with Gasteiger partial charge in [0, 0.05) is 16.0 Å². The van der Waals surface area contributed by atoms with E-state index in [0.29, 0.717) is 5.69 Å². The minimum Gasteiger partial charge on any atom is -0.358 e. The maximum Gasteiger partial charge on any atom is 0.319 e. The van der Waals surface area contributed by atoms with Crippen LogP contribution in [0, 0.1) is 0 Å². The molecule has 92 valence electrons. The van der Waals surface area contributed by atoms with Crippen LogP contribution in [0.4, 0.5) is 10.5 Å². The van der Waals surface area contributed by atoms with Crippen molar-refractivity contribution in [1.82, 2.24) is 10.6 Å². The highest BCUT2D eigenvalue weighted by molar-refractivity contribution is 9.11. The van der Waals surface area contributed by atoms with E-state index in [1.54, 1.807) is 12.1 Å². The Bertz CT molecular complexity index is 438. The molecule has 1 aromatic rings. The number of carbonyl (C=O) groups excluding carboxylic acids is 2. The lowest BCUT2D eigenvalue weighted by atomic mass is 10.3. The molecule has 0 heterocycles. The number of hydrogen-bond acceptors (Lipinski definition) is 2.